The monoisotopic (exact) mass is 299 g/mol. The summed E-state index contributed by atoms with van der Waals surface area (Å²) in [6, 6.07) is 0.498. The van der Waals surface area contributed by atoms with E-state index in [1.54, 1.807) is 0 Å². The molecule has 118 valence electrons. The van der Waals surface area contributed by atoms with Crippen LogP contribution in [0.3, 0.4) is 0 Å². The highest BCUT2D eigenvalue weighted by Gasteiger charge is 2.37. The summed E-state index contributed by atoms with van der Waals surface area (Å²) in [6.07, 6.45) is 10.1. The molecule has 0 spiro atoms. The highest BCUT2D eigenvalue weighted by Crippen LogP contribution is 2.35. The van der Waals surface area contributed by atoms with E-state index in [-0.39, 0.29) is 0 Å². The van der Waals surface area contributed by atoms with Crippen molar-refractivity contribution < 1.29 is 4.21 Å². The molecule has 3 heteroatoms. The van der Waals surface area contributed by atoms with Crippen LogP contribution in [-0.4, -0.2) is 27.3 Å². The normalized spacial score (nSPS) is 34.3. The van der Waals surface area contributed by atoms with Gasteiger partial charge < -0.3 is 5.32 Å². The Bertz CT molecular complexity index is 312. The third-order valence-corrected chi connectivity index (χ3v) is 7.67. The summed E-state index contributed by atoms with van der Waals surface area (Å²) in [5.74, 6) is 1.52. The summed E-state index contributed by atoms with van der Waals surface area (Å²) in [6.45, 7) is 7.85. The zero-order chi connectivity index (χ0) is 14.5. The maximum atomic E-state index is 13.1. The fraction of sp³-hybridized carbons (Fsp3) is 1.00. The van der Waals surface area contributed by atoms with Gasteiger partial charge in [0, 0.05) is 22.1 Å². The van der Waals surface area contributed by atoms with E-state index in [0.717, 1.165) is 18.4 Å². The van der Waals surface area contributed by atoms with Gasteiger partial charge in [0.25, 0.3) is 0 Å². The van der Waals surface area contributed by atoms with Gasteiger partial charge in [-0.3, -0.25) is 4.21 Å². The van der Waals surface area contributed by atoms with Crippen molar-refractivity contribution in [2.75, 3.05) is 6.54 Å². The number of hydrogen-bond acceptors (Lipinski definition) is 2. The van der Waals surface area contributed by atoms with E-state index in [4.69, 9.17) is 0 Å². The van der Waals surface area contributed by atoms with Gasteiger partial charge in [-0.05, 0) is 50.5 Å². The largest absolute Gasteiger partial charge is 0.313 e. The van der Waals surface area contributed by atoms with E-state index in [9.17, 15) is 4.21 Å². The van der Waals surface area contributed by atoms with Gasteiger partial charge in [-0.2, -0.15) is 0 Å². The van der Waals surface area contributed by atoms with Crippen molar-refractivity contribution in [2.45, 2.75) is 88.7 Å². The summed E-state index contributed by atoms with van der Waals surface area (Å²) >= 11 is 0. The maximum Gasteiger partial charge on any atom is 0.0506 e. The molecule has 0 bridgehead atoms. The minimum Gasteiger partial charge on any atom is -0.313 e. The molecule has 0 saturated heterocycles. The summed E-state index contributed by atoms with van der Waals surface area (Å²) in [4.78, 5) is 0. The Morgan fingerprint density at radius 2 is 1.80 bits per heavy atom. The van der Waals surface area contributed by atoms with Gasteiger partial charge in [0.15, 0.2) is 0 Å². The summed E-state index contributed by atoms with van der Waals surface area (Å²) in [5, 5.41) is 4.51. The molecular formula is C17H33NOS. The van der Waals surface area contributed by atoms with Crippen molar-refractivity contribution in [1.29, 1.82) is 0 Å². The van der Waals surface area contributed by atoms with Crippen LogP contribution in [0.2, 0.25) is 0 Å². The smallest absolute Gasteiger partial charge is 0.0506 e. The Labute approximate surface area is 127 Å². The Kier molecular flexibility index (Phi) is 6.54. The van der Waals surface area contributed by atoms with Crippen LogP contribution in [0.4, 0.5) is 0 Å². The van der Waals surface area contributed by atoms with Gasteiger partial charge in [0.1, 0.15) is 0 Å². The lowest BCUT2D eigenvalue weighted by Crippen LogP contribution is -2.49. The molecule has 4 unspecified atom stereocenters. The van der Waals surface area contributed by atoms with Crippen molar-refractivity contribution in [1.82, 2.24) is 5.32 Å². The molecule has 4 atom stereocenters. The van der Waals surface area contributed by atoms with Gasteiger partial charge >= 0.3 is 0 Å². The first kappa shape index (κ1) is 16.5. The number of hydrogen-bond donors (Lipinski definition) is 1. The van der Waals surface area contributed by atoms with Gasteiger partial charge in [0.2, 0.25) is 0 Å². The molecule has 0 amide bonds. The predicted molar refractivity (Wildman–Crippen MR) is 88.4 cm³/mol. The fourth-order valence-corrected chi connectivity index (χ4v) is 6.35. The molecule has 2 rings (SSSR count). The van der Waals surface area contributed by atoms with Gasteiger partial charge in [-0.1, -0.05) is 40.0 Å². The number of rotatable bonds is 5. The molecular weight excluding hydrogens is 266 g/mol. The van der Waals surface area contributed by atoms with E-state index in [1.165, 1.54) is 51.4 Å². The third-order valence-electron chi connectivity index (χ3n) is 5.42. The molecule has 2 fully saturated rings. The first-order chi connectivity index (χ1) is 9.63. The van der Waals surface area contributed by atoms with E-state index in [1.807, 2.05) is 0 Å². The zero-order valence-corrected chi connectivity index (χ0v) is 14.4. The maximum absolute atomic E-state index is 13.1. The molecule has 2 aliphatic rings. The molecule has 20 heavy (non-hydrogen) atoms. The van der Waals surface area contributed by atoms with Crippen molar-refractivity contribution in [2.24, 2.45) is 11.8 Å². The molecule has 2 saturated carbocycles. The van der Waals surface area contributed by atoms with Crippen LogP contribution < -0.4 is 5.32 Å². The standard InChI is InChI=1S/C17H33NOS/c1-4-18-16-11-10-14(13(2)3)12-17(16)20(19)15-8-6-5-7-9-15/h13-18H,4-12H2,1-3H3. The summed E-state index contributed by atoms with van der Waals surface area (Å²) in [7, 11) is -0.624. The minimum absolute atomic E-state index is 0.402. The first-order valence-corrected chi connectivity index (χ1v) is 10.0. The summed E-state index contributed by atoms with van der Waals surface area (Å²) < 4.78 is 13.1. The Morgan fingerprint density at radius 1 is 1.10 bits per heavy atom. The predicted octanol–water partition coefficient (Wildman–Crippen LogP) is 3.87. The molecule has 0 aromatic heterocycles. The topological polar surface area (TPSA) is 29.1 Å². The second-order valence-electron chi connectivity index (χ2n) is 7.11. The van der Waals surface area contributed by atoms with Crippen LogP contribution in [0.1, 0.15) is 72.1 Å². The molecule has 2 aliphatic carbocycles. The quantitative estimate of drug-likeness (QED) is 0.835. The average Bonchev–Trinajstić information content (AvgIpc) is 2.48. The lowest BCUT2D eigenvalue weighted by Gasteiger charge is -2.39. The Balaban J connectivity index is 2.03. The molecule has 0 aliphatic heterocycles. The molecule has 0 aromatic rings. The number of nitrogens with one attached hydrogen (secondary N) is 1. The lowest BCUT2D eigenvalue weighted by molar-refractivity contribution is 0.244. The van der Waals surface area contributed by atoms with Crippen LogP contribution in [0.5, 0.6) is 0 Å². The van der Waals surface area contributed by atoms with Crippen molar-refractivity contribution in [3.63, 3.8) is 0 Å². The van der Waals surface area contributed by atoms with Crippen molar-refractivity contribution >= 4 is 10.8 Å². The second kappa shape index (κ2) is 7.93. The zero-order valence-electron chi connectivity index (χ0n) is 13.6. The van der Waals surface area contributed by atoms with Crippen LogP contribution in [0, 0.1) is 11.8 Å². The van der Waals surface area contributed by atoms with Crippen molar-refractivity contribution in [3.8, 4) is 0 Å². The molecule has 0 aromatic carbocycles. The van der Waals surface area contributed by atoms with Crippen molar-refractivity contribution in [3.05, 3.63) is 0 Å². The molecule has 1 N–H and O–H groups in total. The molecule has 0 heterocycles. The van der Waals surface area contributed by atoms with E-state index < -0.39 is 10.8 Å². The van der Waals surface area contributed by atoms with Gasteiger partial charge in [-0.25, -0.2) is 0 Å². The highest BCUT2D eigenvalue weighted by atomic mass is 32.2. The van der Waals surface area contributed by atoms with Gasteiger partial charge in [-0.15, -0.1) is 0 Å². The van der Waals surface area contributed by atoms with E-state index in [0.29, 0.717) is 16.5 Å². The second-order valence-corrected chi connectivity index (χ2v) is 9.04. The van der Waals surface area contributed by atoms with Crippen LogP contribution in [0.15, 0.2) is 0 Å². The van der Waals surface area contributed by atoms with Crippen LogP contribution >= 0.6 is 0 Å². The fourth-order valence-electron chi connectivity index (χ4n) is 4.06. The van der Waals surface area contributed by atoms with E-state index in [2.05, 4.69) is 26.1 Å². The van der Waals surface area contributed by atoms with E-state index >= 15 is 0 Å². The lowest BCUT2D eigenvalue weighted by atomic mass is 9.79. The van der Waals surface area contributed by atoms with Crippen LogP contribution in [0.25, 0.3) is 0 Å². The van der Waals surface area contributed by atoms with Crippen LogP contribution in [-0.2, 0) is 10.8 Å². The minimum atomic E-state index is -0.624. The third kappa shape index (κ3) is 4.07. The first-order valence-electron chi connectivity index (χ1n) is 8.76. The molecule has 0 radical (unpaired) electrons. The Hall–Kier alpha value is 0.110. The highest BCUT2D eigenvalue weighted by molar-refractivity contribution is 7.86. The average molecular weight is 300 g/mol. The summed E-state index contributed by atoms with van der Waals surface area (Å²) in [5.41, 5.74) is 0. The molecule has 2 nitrogen and oxygen atoms in total. The van der Waals surface area contributed by atoms with Gasteiger partial charge in [0.05, 0.1) is 5.25 Å². The SMILES string of the molecule is CCNC1CCC(C(C)C)CC1S(=O)C1CCCCC1. The Morgan fingerprint density at radius 3 is 2.40 bits per heavy atom.